The van der Waals surface area contributed by atoms with E-state index in [4.69, 9.17) is 5.84 Å². The first-order chi connectivity index (χ1) is 8.99. The minimum Gasteiger partial charge on any atom is -0.271 e. The lowest BCUT2D eigenvalue weighted by Gasteiger charge is -2.15. The summed E-state index contributed by atoms with van der Waals surface area (Å²) in [5, 5.41) is 1.01. The Labute approximate surface area is 116 Å². The molecule has 0 saturated heterocycles. The Balaban J connectivity index is 2.24. The van der Waals surface area contributed by atoms with Crippen molar-refractivity contribution in [1.29, 1.82) is 0 Å². The molecule has 3 N–H and O–H groups in total. The number of hydrogen-bond donors (Lipinski definition) is 2. The number of thiazole rings is 1. The van der Waals surface area contributed by atoms with Crippen LogP contribution in [0.1, 0.15) is 32.7 Å². The van der Waals surface area contributed by atoms with Gasteiger partial charge in [0.15, 0.2) is 0 Å². The normalized spacial score (nSPS) is 12.7. The van der Waals surface area contributed by atoms with Crippen LogP contribution in [0.3, 0.4) is 0 Å². The molecule has 0 aliphatic rings. The molecule has 1 unspecified atom stereocenters. The molecule has 0 radical (unpaired) electrons. The SMILES string of the molecule is Cc1cc(F)cc(C(Cc2nc(C)c(C)s2)NN)c1. The summed E-state index contributed by atoms with van der Waals surface area (Å²) >= 11 is 1.66. The largest absolute Gasteiger partial charge is 0.271 e. The first-order valence-electron chi connectivity index (χ1n) is 6.15. The zero-order chi connectivity index (χ0) is 14.0. The Morgan fingerprint density at radius 2 is 2.05 bits per heavy atom. The van der Waals surface area contributed by atoms with Crippen LogP contribution >= 0.6 is 11.3 Å². The standard InChI is InChI=1S/C14H18FN3S/c1-8-4-11(6-12(15)5-8)13(18-16)7-14-17-9(2)10(3)19-14/h4-6,13,18H,7,16H2,1-3H3. The zero-order valence-electron chi connectivity index (χ0n) is 11.3. The zero-order valence-corrected chi connectivity index (χ0v) is 12.1. The molecule has 0 saturated carbocycles. The second kappa shape index (κ2) is 5.77. The number of halogens is 1. The molecule has 0 bridgehead atoms. The van der Waals surface area contributed by atoms with Crippen molar-refractivity contribution in [2.75, 3.05) is 0 Å². The molecular weight excluding hydrogens is 261 g/mol. The number of hydrazine groups is 1. The van der Waals surface area contributed by atoms with Gasteiger partial charge in [0.25, 0.3) is 0 Å². The van der Waals surface area contributed by atoms with Crippen LogP contribution < -0.4 is 11.3 Å². The van der Waals surface area contributed by atoms with Gasteiger partial charge in [0.1, 0.15) is 5.82 Å². The van der Waals surface area contributed by atoms with Crippen molar-refractivity contribution in [2.24, 2.45) is 5.84 Å². The number of rotatable bonds is 4. The van der Waals surface area contributed by atoms with Crippen LogP contribution in [0.15, 0.2) is 18.2 Å². The highest BCUT2D eigenvalue weighted by atomic mass is 32.1. The topological polar surface area (TPSA) is 50.9 Å². The van der Waals surface area contributed by atoms with Gasteiger partial charge in [0.05, 0.1) is 16.7 Å². The average Bonchev–Trinajstić information content (AvgIpc) is 2.64. The highest BCUT2D eigenvalue weighted by molar-refractivity contribution is 7.11. The van der Waals surface area contributed by atoms with E-state index in [-0.39, 0.29) is 11.9 Å². The first kappa shape index (κ1) is 14.1. The third-order valence-corrected chi connectivity index (χ3v) is 4.21. The van der Waals surface area contributed by atoms with E-state index in [1.807, 2.05) is 26.8 Å². The molecule has 3 nitrogen and oxygen atoms in total. The van der Waals surface area contributed by atoms with Crippen LogP contribution in [0.5, 0.6) is 0 Å². The Morgan fingerprint density at radius 3 is 2.58 bits per heavy atom. The molecule has 0 amide bonds. The summed E-state index contributed by atoms with van der Waals surface area (Å²) in [6.07, 6.45) is 0.665. The number of nitrogens with zero attached hydrogens (tertiary/aromatic N) is 1. The number of benzene rings is 1. The fourth-order valence-electron chi connectivity index (χ4n) is 2.04. The van der Waals surface area contributed by atoms with Crippen LogP contribution in [-0.4, -0.2) is 4.98 Å². The van der Waals surface area contributed by atoms with Crippen LogP contribution in [0.25, 0.3) is 0 Å². The summed E-state index contributed by atoms with van der Waals surface area (Å²) in [6.45, 7) is 5.91. The van der Waals surface area contributed by atoms with Crippen molar-refractivity contribution < 1.29 is 4.39 Å². The molecule has 0 aliphatic carbocycles. The van der Waals surface area contributed by atoms with Gasteiger partial charge in [0, 0.05) is 11.3 Å². The fraction of sp³-hybridized carbons (Fsp3) is 0.357. The number of aromatic nitrogens is 1. The van der Waals surface area contributed by atoms with E-state index in [2.05, 4.69) is 10.4 Å². The van der Waals surface area contributed by atoms with Crippen molar-refractivity contribution in [2.45, 2.75) is 33.2 Å². The quantitative estimate of drug-likeness (QED) is 0.668. The minimum absolute atomic E-state index is 0.126. The smallest absolute Gasteiger partial charge is 0.123 e. The van der Waals surface area contributed by atoms with E-state index in [9.17, 15) is 4.39 Å². The Morgan fingerprint density at radius 1 is 1.32 bits per heavy atom. The van der Waals surface area contributed by atoms with Gasteiger partial charge in [-0.1, -0.05) is 6.07 Å². The molecule has 2 rings (SSSR count). The fourth-order valence-corrected chi connectivity index (χ4v) is 3.02. The van der Waals surface area contributed by atoms with Crippen LogP contribution in [0.2, 0.25) is 0 Å². The van der Waals surface area contributed by atoms with E-state index in [1.54, 1.807) is 11.3 Å². The second-order valence-electron chi connectivity index (χ2n) is 4.73. The van der Waals surface area contributed by atoms with Gasteiger partial charge in [0.2, 0.25) is 0 Å². The lowest BCUT2D eigenvalue weighted by molar-refractivity contribution is 0.542. The summed E-state index contributed by atoms with van der Waals surface area (Å²) in [6, 6.07) is 4.85. The van der Waals surface area contributed by atoms with Crippen LogP contribution in [0.4, 0.5) is 4.39 Å². The van der Waals surface area contributed by atoms with Gasteiger partial charge in [-0.15, -0.1) is 11.3 Å². The molecule has 2 aromatic rings. The predicted octanol–water partition coefficient (Wildman–Crippen LogP) is 2.95. The van der Waals surface area contributed by atoms with Gasteiger partial charge in [-0.05, 0) is 44.0 Å². The number of hydrogen-bond acceptors (Lipinski definition) is 4. The molecule has 19 heavy (non-hydrogen) atoms. The molecule has 0 aliphatic heterocycles. The third-order valence-electron chi connectivity index (χ3n) is 3.12. The molecule has 1 aromatic carbocycles. The summed E-state index contributed by atoms with van der Waals surface area (Å²) in [4.78, 5) is 5.71. The van der Waals surface area contributed by atoms with Crippen molar-refractivity contribution in [3.63, 3.8) is 0 Å². The first-order valence-corrected chi connectivity index (χ1v) is 6.97. The maximum Gasteiger partial charge on any atom is 0.123 e. The molecule has 1 aromatic heterocycles. The van der Waals surface area contributed by atoms with Gasteiger partial charge in [-0.2, -0.15) is 0 Å². The average molecular weight is 279 g/mol. The number of nitrogens with two attached hydrogens (primary N) is 1. The maximum absolute atomic E-state index is 13.5. The molecule has 102 valence electrons. The van der Waals surface area contributed by atoms with Crippen LogP contribution in [0, 0.1) is 26.6 Å². The molecule has 1 heterocycles. The highest BCUT2D eigenvalue weighted by Crippen LogP contribution is 2.24. The lowest BCUT2D eigenvalue weighted by atomic mass is 10.0. The van der Waals surface area contributed by atoms with Gasteiger partial charge < -0.3 is 0 Å². The van der Waals surface area contributed by atoms with Crippen LogP contribution in [-0.2, 0) is 6.42 Å². The summed E-state index contributed by atoms with van der Waals surface area (Å²) in [5.74, 6) is 5.37. The van der Waals surface area contributed by atoms with Crippen molar-refractivity contribution in [1.82, 2.24) is 10.4 Å². The Hall–Kier alpha value is -1.30. The van der Waals surface area contributed by atoms with E-state index in [0.29, 0.717) is 6.42 Å². The van der Waals surface area contributed by atoms with Crippen molar-refractivity contribution in [3.05, 3.63) is 50.7 Å². The molecule has 0 fully saturated rings. The van der Waals surface area contributed by atoms with Crippen molar-refractivity contribution >= 4 is 11.3 Å². The Kier molecular flexibility index (Phi) is 4.29. The van der Waals surface area contributed by atoms with Gasteiger partial charge in [-0.25, -0.2) is 9.37 Å². The molecular formula is C14H18FN3S. The van der Waals surface area contributed by atoms with Gasteiger partial charge in [-0.3, -0.25) is 11.3 Å². The van der Waals surface area contributed by atoms with E-state index in [1.165, 1.54) is 17.0 Å². The van der Waals surface area contributed by atoms with E-state index >= 15 is 0 Å². The maximum atomic E-state index is 13.5. The molecule has 5 heteroatoms. The van der Waals surface area contributed by atoms with Crippen molar-refractivity contribution in [3.8, 4) is 0 Å². The summed E-state index contributed by atoms with van der Waals surface area (Å²) < 4.78 is 13.5. The molecule has 0 spiro atoms. The van der Waals surface area contributed by atoms with E-state index in [0.717, 1.165) is 21.8 Å². The second-order valence-corrected chi connectivity index (χ2v) is 6.02. The third kappa shape index (κ3) is 3.37. The highest BCUT2D eigenvalue weighted by Gasteiger charge is 2.15. The monoisotopic (exact) mass is 279 g/mol. The summed E-state index contributed by atoms with van der Waals surface area (Å²) in [5.41, 5.74) is 5.54. The lowest BCUT2D eigenvalue weighted by Crippen LogP contribution is -2.29. The minimum atomic E-state index is -0.234. The Bertz CT molecular complexity index is 540. The molecule has 1 atom stereocenters. The van der Waals surface area contributed by atoms with E-state index < -0.39 is 0 Å². The number of nitrogens with one attached hydrogen (secondary N) is 1. The van der Waals surface area contributed by atoms with Gasteiger partial charge >= 0.3 is 0 Å². The predicted molar refractivity (Wildman–Crippen MR) is 76.5 cm³/mol. The summed E-state index contributed by atoms with van der Waals surface area (Å²) in [7, 11) is 0. The number of aryl methyl sites for hydroxylation is 3.